The minimum Gasteiger partial charge on any atom is -0.394 e. The predicted octanol–water partition coefficient (Wildman–Crippen LogP) is 0.515. The molecule has 3 rings (SSSR count). The maximum Gasteiger partial charge on any atom is 0.123 e. The van der Waals surface area contributed by atoms with Crippen molar-refractivity contribution in [3.63, 3.8) is 0 Å². The third kappa shape index (κ3) is 4.42. The summed E-state index contributed by atoms with van der Waals surface area (Å²) in [4.78, 5) is 2.27. The maximum absolute atomic E-state index is 13.0. The molecule has 0 amide bonds. The van der Waals surface area contributed by atoms with Crippen LogP contribution in [0.15, 0.2) is 24.3 Å². The first-order valence-corrected chi connectivity index (χ1v) is 9.28. The van der Waals surface area contributed by atoms with Crippen LogP contribution >= 0.6 is 0 Å². The molecule has 26 heavy (non-hydrogen) atoms. The molecule has 2 fully saturated rings. The Balaban J connectivity index is 1.62. The number of hydrogen-bond acceptors (Lipinski definition) is 6. The fraction of sp³-hybridized carbons (Fsp3) is 0.684. The van der Waals surface area contributed by atoms with Gasteiger partial charge in [0.05, 0.1) is 25.4 Å². The van der Waals surface area contributed by atoms with E-state index >= 15 is 0 Å². The highest BCUT2D eigenvalue weighted by Crippen LogP contribution is 2.31. The van der Waals surface area contributed by atoms with Crippen molar-refractivity contribution in [2.75, 3.05) is 33.4 Å². The van der Waals surface area contributed by atoms with E-state index in [2.05, 4.69) is 10.2 Å². The lowest BCUT2D eigenvalue weighted by atomic mass is 10.0. The van der Waals surface area contributed by atoms with E-state index in [1.807, 2.05) is 0 Å². The summed E-state index contributed by atoms with van der Waals surface area (Å²) in [5.41, 5.74) is 0.985. The zero-order chi connectivity index (χ0) is 18.5. The summed E-state index contributed by atoms with van der Waals surface area (Å²) < 4.78 is 24.2. The number of halogens is 1. The molecule has 6 nitrogen and oxygen atoms in total. The van der Waals surface area contributed by atoms with Crippen LogP contribution in [-0.4, -0.2) is 78.9 Å². The molecule has 146 valence electrons. The summed E-state index contributed by atoms with van der Waals surface area (Å²) in [5, 5.41) is 23.5. The highest BCUT2D eigenvalue weighted by Gasteiger charge is 2.48. The average Bonchev–Trinajstić information content (AvgIpc) is 3.21. The second-order valence-electron chi connectivity index (χ2n) is 7.12. The van der Waals surface area contributed by atoms with Gasteiger partial charge in [0.1, 0.15) is 18.0 Å². The van der Waals surface area contributed by atoms with Gasteiger partial charge < -0.3 is 25.0 Å². The average molecular weight is 368 g/mol. The zero-order valence-corrected chi connectivity index (χ0v) is 15.2. The van der Waals surface area contributed by atoms with E-state index in [4.69, 9.17) is 9.47 Å². The number of methoxy groups -OCH3 is 1. The molecule has 7 heteroatoms. The van der Waals surface area contributed by atoms with Crippen molar-refractivity contribution < 1.29 is 24.1 Å². The highest BCUT2D eigenvalue weighted by molar-refractivity contribution is 5.15. The maximum atomic E-state index is 13.0. The van der Waals surface area contributed by atoms with Gasteiger partial charge in [-0.1, -0.05) is 12.1 Å². The molecule has 0 radical (unpaired) electrons. The zero-order valence-electron chi connectivity index (χ0n) is 15.2. The lowest BCUT2D eigenvalue weighted by Gasteiger charge is -2.34. The number of ether oxygens (including phenoxy) is 2. The number of aliphatic hydroxyl groups is 2. The fourth-order valence-electron chi connectivity index (χ4n) is 4.14. The molecule has 2 aliphatic rings. The molecular formula is C19H29FN2O4. The van der Waals surface area contributed by atoms with Crippen LogP contribution in [-0.2, 0) is 16.0 Å². The molecule has 1 aromatic carbocycles. The highest BCUT2D eigenvalue weighted by atomic mass is 19.1. The lowest BCUT2D eigenvalue weighted by Crippen LogP contribution is -2.53. The number of rotatable bonds is 8. The molecule has 0 saturated carbocycles. The van der Waals surface area contributed by atoms with Crippen LogP contribution < -0.4 is 5.32 Å². The van der Waals surface area contributed by atoms with E-state index in [9.17, 15) is 14.6 Å². The quantitative estimate of drug-likeness (QED) is 0.621. The largest absolute Gasteiger partial charge is 0.394 e. The molecular weight excluding hydrogens is 339 g/mol. The van der Waals surface area contributed by atoms with Gasteiger partial charge >= 0.3 is 0 Å². The van der Waals surface area contributed by atoms with Gasteiger partial charge in [0.15, 0.2) is 0 Å². The first-order chi connectivity index (χ1) is 12.6. The summed E-state index contributed by atoms with van der Waals surface area (Å²) in [6.07, 6.45) is 0.587. The molecule has 1 aromatic rings. The molecule has 0 aromatic heterocycles. The van der Waals surface area contributed by atoms with E-state index in [0.29, 0.717) is 19.7 Å². The fourth-order valence-corrected chi connectivity index (χ4v) is 4.14. The molecule has 2 heterocycles. The van der Waals surface area contributed by atoms with Crippen LogP contribution in [0.5, 0.6) is 0 Å². The summed E-state index contributed by atoms with van der Waals surface area (Å²) in [6, 6.07) is 6.47. The van der Waals surface area contributed by atoms with Crippen molar-refractivity contribution >= 4 is 0 Å². The van der Waals surface area contributed by atoms with E-state index in [0.717, 1.165) is 24.9 Å². The minimum atomic E-state index is -0.727. The summed E-state index contributed by atoms with van der Waals surface area (Å²) in [7, 11) is 1.69. The van der Waals surface area contributed by atoms with Gasteiger partial charge in [0.2, 0.25) is 0 Å². The van der Waals surface area contributed by atoms with Gasteiger partial charge in [-0.05, 0) is 37.1 Å². The van der Waals surface area contributed by atoms with Crippen molar-refractivity contribution in [1.82, 2.24) is 10.2 Å². The van der Waals surface area contributed by atoms with Crippen LogP contribution in [0.4, 0.5) is 4.39 Å². The predicted molar refractivity (Wildman–Crippen MR) is 95.3 cm³/mol. The Morgan fingerprint density at radius 2 is 2.08 bits per heavy atom. The first-order valence-electron chi connectivity index (χ1n) is 9.28. The van der Waals surface area contributed by atoms with Crippen LogP contribution in [0.25, 0.3) is 0 Å². The van der Waals surface area contributed by atoms with E-state index in [1.165, 1.54) is 12.1 Å². The van der Waals surface area contributed by atoms with Gasteiger partial charge in [-0.15, -0.1) is 0 Å². The second-order valence-corrected chi connectivity index (χ2v) is 7.12. The number of aliphatic hydroxyl groups excluding tert-OH is 2. The third-order valence-corrected chi connectivity index (χ3v) is 5.39. The monoisotopic (exact) mass is 368 g/mol. The molecule has 2 saturated heterocycles. The first kappa shape index (κ1) is 19.7. The van der Waals surface area contributed by atoms with E-state index in [-0.39, 0.29) is 30.6 Å². The van der Waals surface area contributed by atoms with E-state index < -0.39 is 12.2 Å². The smallest absolute Gasteiger partial charge is 0.123 e. The van der Waals surface area contributed by atoms with Gasteiger partial charge in [0, 0.05) is 26.2 Å². The van der Waals surface area contributed by atoms with Gasteiger partial charge in [-0.3, -0.25) is 4.90 Å². The molecule has 5 atom stereocenters. The van der Waals surface area contributed by atoms with Crippen molar-refractivity contribution in [2.24, 2.45) is 0 Å². The lowest BCUT2D eigenvalue weighted by molar-refractivity contribution is -0.0213. The Hall–Kier alpha value is -1.09. The number of likely N-dealkylation sites (tertiary alicyclic amines) is 1. The number of nitrogens with zero attached hydrogens (tertiary/aromatic N) is 1. The van der Waals surface area contributed by atoms with Crippen molar-refractivity contribution in [1.29, 1.82) is 0 Å². The standard InChI is InChI=1S/C19H29FN2O4/c1-25-12-15-3-2-8-22(15)18-16(26-17(11-23)19(18)24)10-21-9-13-4-6-14(20)7-5-13/h4-7,15-19,21,23-24H,2-3,8-12H2,1H3/t15-,16-,17+,18+,19-/m1/s1. The Kier molecular flexibility index (Phi) is 6.97. The molecule has 2 aliphatic heterocycles. The normalized spacial score (nSPS) is 32.4. The SMILES string of the molecule is COC[C@H]1CCCN1[C@@H]1[C@H](O)[C@H](CO)O[C@@H]1CNCc1ccc(F)cc1. The topological polar surface area (TPSA) is 74.2 Å². The third-order valence-electron chi connectivity index (χ3n) is 5.39. The van der Waals surface area contributed by atoms with Gasteiger partial charge in [-0.25, -0.2) is 4.39 Å². The van der Waals surface area contributed by atoms with Crippen LogP contribution in [0, 0.1) is 5.82 Å². The van der Waals surface area contributed by atoms with Crippen LogP contribution in [0.3, 0.4) is 0 Å². The van der Waals surface area contributed by atoms with Crippen molar-refractivity contribution in [2.45, 2.75) is 49.8 Å². The molecule has 0 aliphatic carbocycles. The Bertz CT molecular complexity index is 559. The molecule has 0 spiro atoms. The Morgan fingerprint density at radius 3 is 2.77 bits per heavy atom. The minimum absolute atomic E-state index is 0.171. The summed E-state index contributed by atoms with van der Waals surface area (Å²) >= 11 is 0. The number of benzene rings is 1. The number of nitrogens with one attached hydrogen (secondary N) is 1. The Labute approximate surface area is 153 Å². The van der Waals surface area contributed by atoms with Crippen molar-refractivity contribution in [3.05, 3.63) is 35.6 Å². The molecule has 0 bridgehead atoms. The van der Waals surface area contributed by atoms with Crippen molar-refractivity contribution in [3.8, 4) is 0 Å². The molecule has 0 unspecified atom stereocenters. The summed E-state index contributed by atoms with van der Waals surface area (Å²) in [5.74, 6) is -0.250. The van der Waals surface area contributed by atoms with E-state index in [1.54, 1.807) is 19.2 Å². The Morgan fingerprint density at radius 1 is 1.31 bits per heavy atom. The second kappa shape index (κ2) is 9.21. The van der Waals surface area contributed by atoms with Crippen LogP contribution in [0.2, 0.25) is 0 Å². The number of hydrogen-bond donors (Lipinski definition) is 3. The van der Waals surface area contributed by atoms with Gasteiger partial charge in [0.25, 0.3) is 0 Å². The molecule has 3 N–H and O–H groups in total. The van der Waals surface area contributed by atoms with Crippen LogP contribution in [0.1, 0.15) is 18.4 Å². The summed E-state index contributed by atoms with van der Waals surface area (Å²) in [6.45, 7) is 2.46. The van der Waals surface area contributed by atoms with Gasteiger partial charge in [-0.2, -0.15) is 0 Å².